The van der Waals surface area contributed by atoms with E-state index < -0.39 is 0 Å². The van der Waals surface area contributed by atoms with Gasteiger partial charge in [-0.05, 0) is 36.6 Å². The van der Waals surface area contributed by atoms with E-state index in [0.29, 0.717) is 0 Å². The molecule has 2 heterocycles. The van der Waals surface area contributed by atoms with Gasteiger partial charge in [0.2, 0.25) is 0 Å². The fourth-order valence-corrected chi connectivity index (χ4v) is 1.85. The molecule has 3 heteroatoms. The normalized spacial score (nSPS) is 12.6. The van der Waals surface area contributed by atoms with Gasteiger partial charge in [0, 0.05) is 18.6 Å². The predicted octanol–water partition coefficient (Wildman–Crippen LogP) is 2.68. The molecule has 0 fully saturated rings. The van der Waals surface area contributed by atoms with Crippen molar-refractivity contribution in [1.82, 2.24) is 9.55 Å². The fourth-order valence-electron chi connectivity index (χ4n) is 1.85. The van der Waals surface area contributed by atoms with E-state index in [1.807, 2.05) is 37.6 Å². The van der Waals surface area contributed by atoms with Crippen LogP contribution in [-0.2, 0) is 6.54 Å². The molecule has 2 rings (SSSR count). The molecule has 17 heavy (non-hydrogen) atoms. The quantitative estimate of drug-likeness (QED) is 0.877. The maximum atomic E-state index is 9.73. The van der Waals surface area contributed by atoms with Gasteiger partial charge >= 0.3 is 0 Å². The summed E-state index contributed by atoms with van der Waals surface area (Å²) in [4.78, 5) is 4.36. The van der Waals surface area contributed by atoms with Crippen molar-refractivity contribution in [2.45, 2.75) is 32.9 Å². The van der Waals surface area contributed by atoms with Crippen LogP contribution in [-0.4, -0.2) is 14.7 Å². The number of aliphatic hydroxyl groups excluding tert-OH is 1. The summed E-state index contributed by atoms with van der Waals surface area (Å²) in [6.45, 7) is 4.79. The molecule has 0 spiro atoms. The molecule has 0 saturated carbocycles. The van der Waals surface area contributed by atoms with Gasteiger partial charge in [-0.25, -0.2) is 0 Å². The van der Waals surface area contributed by atoms with Crippen LogP contribution in [0.25, 0.3) is 0 Å². The van der Waals surface area contributed by atoms with Gasteiger partial charge < -0.3 is 9.67 Å². The highest BCUT2D eigenvalue weighted by Gasteiger charge is 2.07. The maximum absolute atomic E-state index is 9.73. The first kappa shape index (κ1) is 11.9. The molecule has 1 atom stereocenters. The highest BCUT2D eigenvalue weighted by Crippen LogP contribution is 2.17. The van der Waals surface area contributed by atoms with Gasteiger partial charge in [0.25, 0.3) is 0 Å². The number of hydrogen-bond donors (Lipinski definition) is 1. The van der Waals surface area contributed by atoms with Gasteiger partial charge in [0.15, 0.2) is 0 Å². The number of aliphatic hydroxyl groups is 1. The molecule has 0 radical (unpaired) electrons. The molecule has 0 saturated heterocycles. The van der Waals surface area contributed by atoms with Crippen molar-refractivity contribution in [1.29, 1.82) is 0 Å². The van der Waals surface area contributed by atoms with Crippen molar-refractivity contribution in [2.24, 2.45) is 0 Å². The minimum absolute atomic E-state index is 0.360. The highest BCUT2D eigenvalue weighted by atomic mass is 16.3. The van der Waals surface area contributed by atoms with Gasteiger partial charge in [0.05, 0.1) is 18.3 Å². The lowest BCUT2D eigenvalue weighted by Gasteiger charge is -2.06. The zero-order valence-electron chi connectivity index (χ0n) is 10.3. The van der Waals surface area contributed by atoms with Crippen LogP contribution in [0, 0.1) is 6.92 Å². The largest absolute Gasteiger partial charge is 0.388 e. The molecule has 1 N–H and O–H groups in total. The summed E-state index contributed by atoms with van der Waals surface area (Å²) < 4.78 is 2.06. The number of nitrogens with zero attached hydrogens (tertiary/aromatic N) is 2. The van der Waals surface area contributed by atoms with Crippen LogP contribution in [0.5, 0.6) is 0 Å². The summed E-state index contributed by atoms with van der Waals surface area (Å²) in [7, 11) is 0. The second-order valence-corrected chi connectivity index (χ2v) is 4.31. The first-order chi connectivity index (χ1) is 8.20. The number of aryl methyl sites for hydroxylation is 1. The smallest absolute Gasteiger partial charge is 0.0802 e. The third kappa shape index (κ3) is 2.74. The van der Waals surface area contributed by atoms with Crippen LogP contribution in [0.4, 0.5) is 0 Å². The lowest BCUT2D eigenvalue weighted by Crippen LogP contribution is -2.01. The molecule has 0 amide bonds. The number of hydrogen-bond acceptors (Lipinski definition) is 2. The summed E-state index contributed by atoms with van der Waals surface area (Å²) >= 11 is 0. The second kappa shape index (κ2) is 5.15. The maximum Gasteiger partial charge on any atom is 0.0802 e. The van der Waals surface area contributed by atoms with Gasteiger partial charge in [0.1, 0.15) is 0 Å². The average molecular weight is 230 g/mol. The molecule has 0 bridgehead atoms. The van der Waals surface area contributed by atoms with Crippen LogP contribution in [0.15, 0.2) is 36.8 Å². The highest BCUT2D eigenvalue weighted by molar-refractivity contribution is 5.20. The summed E-state index contributed by atoms with van der Waals surface area (Å²) in [5.41, 5.74) is 3.24. The molecule has 3 nitrogen and oxygen atoms in total. The Labute approximate surface area is 102 Å². The molecule has 2 aromatic heterocycles. The Kier molecular flexibility index (Phi) is 3.59. The predicted molar refractivity (Wildman–Crippen MR) is 67.8 cm³/mol. The number of aromatic nitrogens is 2. The van der Waals surface area contributed by atoms with Gasteiger partial charge in [-0.3, -0.25) is 4.98 Å². The van der Waals surface area contributed by atoms with Crippen LogP contribution < -0.4 is 0 Å². The Morgan fingerprint density at radius 2 is 2.24 bits per heavy atom. The van der Waals surface area contributed by atoms with Crippen molar-refractivity contribution < 1.29 is 5.11 Å². The van der Waals surface area contributed by atoms with Crippen molar-refractivity contribution in [3.8, 4) is 0 Å². The molecular formula is C14H18N2O. The fraction of sp³-hybridized carbons (Fsp3) is 0.357. The molecule has 0 aliphatic carbocycles. The van der Waals surface area contributed by atoms with Gasteiger partial charge in [-0.2, -0.15) is 0 Å². The zero-order valence-corrected chi connectivity index (χ0v) is 10.3. The average Bonchev–Trinajstić information content (AvgIpc) is 2.80. The first-order valence-corrected chi connectivity index (χ1v) is 5.95. The molecular weight excluding hydrogens is 212 g/mol. The lowest BCUT2D eigenvalue weighted by atomic mass is 10.1. The van der Waals surface area contributed by atoms with Crippen LogP contribution >= 0.6 is 0 Å². The summed E-state index contributed by atoms with van der Waals surface area (Å²) in [6, 6.07) is 5.97. The molecule has 0 aromatic carbocycles. The van der Waals surface area contributed by atoms with Crippen molar-refractivity contribution in [3.63, 3.8) is 0 Å². The van der Waals surface area contributed by atoms with E-state index in [4.69, 9.17) is 0 Å². The third-order valence-electron chi connectivity index (χ3n) is 3.00. The Bertz CT molecular complexity index is 490. The summed E-state index contributed by atoms with van der Waals surface area (Å²) in [5.74, 6) is 0. The van der Waals surface area contributed by atoms with E-state index in [9.17, 15) is 5.11 Å². The SMILES string of the molecule is CCC(O)c1ccn(Cc2ncccc2C)c1. The third-order valence-corrected chi connectivity index (χ3v) is 3.00. The summed E-state index contributed by atoms with van der Waals surface area (Å²) in [6.07, 6.45) is 6.17. The second-order valence-electron chi connectivity index (χ2n) is 4.31. The first-order valence-electron chi connectivity index (χ1n) is 5.95. The molecule has 2 aromatic rings. The molecule has 0 aliphatic heterocycles. The van der Waals surface area contributed by atoms with Gasteiger partial charge in [-0.1, -0.05) is 13.0 Å². The van der Waals surface area contributed by atoms with E-state index >= 15 is 0 Å². The van der Waals surface area contributed by atoms with E-state index in [0.717, 1.165) is 24.2 Å². The van der Waals surface area contributed by atoms with E-state index in [1.54, 1.807) is 0 Å². The topological polar surface area (TPSA) is 38.0 Å². The molecule has 1 unspecified atom stereocenters. The van der Waals surface area contributed by atoms with E-state index in [2.05, 4.69) is 22.5 Å². The van der Waals surface area contributed by atoms with E-state index in [-0.39, 0.29) is 6.10 Å². The zero-order chi connectivity index (χ0) is 12.3. The molecule has 90 valence electrons. The van der Waals surface area contributed by atoms with Gasteiger partial charge in [-0.15, -0.1) is 0 Å². The Morgan fingerprint density at radius 3 is 2.94 bits per heavy atom. The Hall–Kier alpha value is -1.61. The van der Waals surface area contributed by atoms with Crippen LogP contribution in [0.1, 0.15) is 36.3 Å². The van der Waals surface area contributed by atoms with Crippen LogP contribution in [0.3, 0.4) is 0 Å². The molecule has 0 aliphatic rings. The Morgan fingerprint density at radius 1 is 1.41 bits per heavy atom. The van der Waals surface area contributed by atoms with E-state index in [1.165, 1.54) is 5.56 Å². The van der Waals surface area contributed by atoms with Crippen molar-refractivity contribution in [2.75, 3.05) is 0 Å². The minimum Gasteiger partial charge on any atom is -0.388 e. The monoisotopic (exact) mass is 230 g/mol. The van der Waals surface area contributed by atoms with Crippen LogP contribution in [0.2, 0.25) is 0 Å². The van der Waals surface area contributed by atoms with Crippen molar-refractivity contribution in [3.05, 3.63) is 53.6 Å². The van der Waals surface area contributed by atoms with Crippen molar-refractivity contribution >= 4 is 0 Å². The standard InChI is InChI=1S/C14H18N2O/c1-3-14(17)12-6-8-16(9-12)10-13-11(2)5-4-7-15-13/h4-9,14,17H,3,10H2,1-2H3. The lowest BCUT2D eigenvalue weighted by molar-refractivity contribution is 0.173. The number of pyridine rings is 1. The number of rotatable bonds is 4. The Balaban J connectivity index is 2.14. The summed E-state index contributed by atoms with van der Waals surface area (Å²) in [5, 5.41) is 9.73. The minimum atomic E-state index is -0.360.